The predicted molar refractivity (Wildman–Crippen MR) is 131 cm³/mol. The number of carbonyl (C=O) groups excluding carboxylic acids is 3. The molecule has 180 valence electrons. The fraction of sp³-hybridized carbons (Fsp3) is 0.148. The number of para-hydroxylation sites is 1. The lowest BCUT2D eigenvalue weighted by molar-refractivity contribution is -0.124. The number of rotatable bonds is 10. The van der Waals surface area contributed by atoms with E-state index in [0.717, 1.165) is 16.7 Å². The Labute approximate surface area is 203 Å². The molecule has 0 aliphatic rings. The highest BCUT2D eigenvalue weighted by Crippen LogP contribution is 2.23. The number of hydrogen-bond acceptors (Lipinski definition) is 4. The zero-order chi connectivity index (χ0) is 25.2. The van der Waals surface area contributed by atoms with Crippen molar-refractivity contribution >= 4 is 30.0 Å². The topological polar surface area (TPSA) is 90.0 Å². The summed E-state index contributed by atoms with van der Waals surface area (Å²) in [5.74, 6) is -1.16. The molecular formula is C27H26FN3O4. The molecule has 8 heteroatoms. The average Bonchev–Trinajstić information content (AvgIpc) is 2.90. The fourth-order valence-electron chi connectivity index (χ4n) is 3.48. The van der Waals surface area contributed by atoms with Crippen molar-refractivity contribution in [3.05, 3.63) is 107 Å². The van der Waals surface area contributed by atoms with Gasteiger partial charge >= 0.3 is 0 Å². The Hall–Kier alpha value is -4.30. The molecule has 0 spiro atoms. The smallest absolute Gasteiger partial charge is 0.267 e. The summed E-state index contributed by atoms with van der Waals surface area (Å²) in [6.07, 6.45) is 4.00. The van der Waals surface area contributed by atoms with Gasteiger partial charge in [-0.05, 0) is 53.5 Å². The van der Waals surface area contributed by atoms with Gasteiger partial charge in [-0.25, -0.2) is 9.87 Å². The van der Waals surface area contributed by atoms with E-state index in [-0.39, 0.29) is 18.3 Å². The van der Waals surface area contributed by atoms with Crippen LogP contribution in [0.3, 0.4) is 0 Å². The van der Waals surface area contributed by atoms with Crippen LogP contribution in [0.2, 0.25) is 0 Å². The van der Waals surface area contributed by atoms with Crippen LogP contribution in [0.25, 0.3) is 6.08 Å². The van der Waals surface area contributed by atoms with Crippen LogP contribution in [0, 0.1) is 5.82 Å². The normalized spacial score (nSPS) is 10.7. The number of halogens is 1. The molecule has 0 saturated carbocycles. The van der Waals surface area contributed by atoms with Gasteiger partial charge in [0.05, 0.1) is 17.8 Å². The number of carbonyl (C=O) groups is 3. The highest BCUT2D eigenvalue weighted by atomic mass is 19.1. The van der Waals surface area contributed by atoms with Gasteiger partial charge in [-0.3, -0.25) is 19.6 Å². The summed E-state index contributed by atoms with van der Waals surface area (Å²) in [6, 6.07) is 20.3. The lowest BCUT2D eigenvalue weighted by Crippen LogP contribution is -2.31. The summed E-state index contributed by atoms with van der Waals surface area (Å²) in [5.41, 5.74) is 4.90. The van der Waals surface area contributed by atoms with Crippen molar-refractivity contribution in [1.29, 1.82) is 0 Å². The number of nitrogens with zero attached hydrogens (tertiary/aromatic N) is 2. The van der Waals surface area contributed by atoms with Crippen LogP contribution < -0.4 is 10.4 Å². The molecule has 3 aromatic rings. The minimum Gasteiger partial charge on any atom is -0.341 e. The first-order valence-electron chi connectivity index (χ1n) is 10.9. The van der Waals surface area contributed by atoms with Gasteiger partial charge in [0.2, 0.25) is 6.41 Å². The highest BCUT2D eigenvalue weighted by molar-refractivity contribution is 6.01. The van der Waals surface area contributed by atoms with Gasteiger partial charge in [0.25, 0.3) is 11.8 Å². The maximum Gasteiger partial charge on any atom is 0.267 e. The van der Waals surface area contributed by atoms with E-state index in [2.05, 4.69) is 0 Å². The van der Waals surface area contributed by atoms with Gasteiger partial charge in [0.1, 0.15) is 5.82 Å². The zero-order valence-corrected chi connectivity index (χ0v) is 19.2. The van der Waals surface area contributed by atoms with Crippen molar-refractivity contribution in [3.8, 4) is 0 Å². The lowest BCUT2D eigenvalue weighted by atomic mass is 10.1. The molecule has 7 nitrogen and oxygen atoms in total. The second kappa shape index (κ2) is 12.2. The molecule has 0 saturated heterocycles. The molecular weight excluding hydrogens is 449 g/mol. The number of hydroxylamine groups is 1. The van der Waals surface area contributed by atoms with Crippen LogP contribution in [0.1, 0.15) is 27.0 Å². The second-order valence-electron chi connectivity index (χ2n) is 7.90. The van der Waals surface area contributed by atoms with Crippen LogP contribution in [-0.4, -0.2) is 41.9 Å². The van der Waals surface area contributed by atoms with Crippen LogP contribution >= 0.6 is 0 Å². The number of amides is 3. The van der Waals surface area contributed by atoms with E-state index in [1.165, 1.54) is 28.6 Å². The van der Waals surface area contributed by atoms with Gasteiger partial charge < -0.3 is 9.80 Å². The summed E-state index contributed by atoms with van der Waals surface area (Å²) < 4.78 is 13.1. The Kier molecular flexibility index (Phi) is 8.86. The fourth-order valence-corrected chi connectivity index (χ4v) is 3.48. The minimum atomic E-state index is -0.634. The Bertz CT molecular complexity index is 1190. The number of likely N-dealkylation sites (N-methyl/N-ethyl adjacent to an activating group) is 1. The minimum absolute atomic E-state index is 0.225. The van der Waals surface area contributed by atoms with Crippen molar-refractivity contribution in [3.63, 3.8) is 0 Å². The van der Waals surface area contributed by atoms with Crippen LogP contribution in [0.5, 0.6) is 0 Å². The maximum atomic E-state index is 13.2. The van der Waals surface area contributed by atoms with Gasteiger partial charge in [-0.15, -0.1) is 0 Å². The van der Waals surface area contributed by atoms with Gasteiger partial charge in [0.15, 0.2) is 0 Å². The van der Waals surface area contributed by atoms with Crippen molar-refractivity contribution in [2.24, 2.45) is 0 Å². The van der Waals surface area contributed by atoms with E-state index < -0.39 is 5.91 Å². The summed E-state index contributed by atoms with van der Waals surface area (Å²) in [7, 11) is 1.69. The van der Waals surface area contributed by atoms with Crippen molar-refractivity contribution in [1.82, 2.24) is 10.4 Å². The van der Waals surface area contributed by atoms with Crippen molar-refractivity contribution in [2.45, 2.75) is 13.0 Å². The van der Waals surface area contributed by atoms with E-state index in [0.29, 0.717) is 30.6 Å². The number of hydrogen-bond donors (Lipinski definition) is 2. The first-order valence-corrected chi connectivity index (χ1v) is 10.9. The SMILES string of the molecule is CN(CCc1ccc(F)cc1)C(=O)c1ccccc1N(C=O)Cc1ccc(/C=C/C(=O)NO)cc1. The summed E-state index contributed by atoms with van der Waals surface area (Å²) in [4.78, 5) is 39.3. The van der Waals surface area contributed by atoms with E-state index in [4.69, 9.17) is 5.21 Å². The quantitative estimate of drug-likeness (QED) is 0.202. The highest BCUT2D eigenvalue weighted by Gasteiger charge is 2.19. The monoisotopic (exact) mass is 475 g/mol. The third kappa shape index (κ3) is 7.09. The van der Waals surface area contributed by atoms with E-state index in [1.54, 1.807) is 66.6 Å². The molecule has 0 bridgehead atoms. The standard InChI is InChI=1S/C27H26FN3O4/c1-30(17-16-21-10-13-23(28)14-11-21)27(34)24-4-2-3-5-25(24)31(19-32)18-22-8-6-20(7-9-22)12-15-26(33)29-35/h2-15,19,35H,16-18H2,1H3,(H,29,33)/b15-12+. The van der Waals surface area contributed by atoms with Gasteiger partial charge in [-0.2, -0.15) is 0 Å². The summed E-state index contributed by atoms with van der Waals surface area (Å²) in [6.45, 7) is 0.678. The maximum absolute atomic E-state index is 13.2. The number of benzene rings is 3. The van der Waals surface area contributed by atoms with E-state index in [9.17, 15) is 18.8 Å². The molecule has 0 unspecified atom stereocenters. The zero-order valence-electron chi connectivity index (χ0n) is 19.2. The molecule has 0 heterocycles. The largest absolute Gasteiger partial charge is 0.341 e. The Balaban J connectivity index is 1.71. The Morgan fingerprint density at radius 2 is 1.63 bits per heavy atom. The molecule has 3 rings (SSSR count). The number of nitrogens with one attached hydrogen (secondary N) is 1. The summed E-state index contributed by atoms with van der Waals surface area (Å²) >= 11 is 0. The third-order valence-electron chi connectivity index (χ3n) is 5.44. The van der Waals surface area contributed by atoms with Crippen LogP contribution in [0.4, 0.5) is 10.1 Å². The summed E-state index contributed by atoms with van der Waals surface area (Å²) in [5, 5.41) is 8.55. The molecule has 0 aliphatic heterocycles. The lowest BCUT2D eigenvalue weighted by Gasteiger charge is -2.24. The van der Waals surface area contributed by atoms with Gasteiger partial charge in [-0.1, -0.05) is 48.5 Å². The Morgan fingerprint density at radius 3 is 2.29 bits per heavy atom. The first-order chi connectivity index (χ1) is 16.9. The molecule has 3 amide bonds. The van der Waals surface area contributed by atoms with E-state index >= 15 is 0 Å². The third-order valence-corrected chi connectivity index (χ3v) is 5.44. The average molecular weight is 476 g/mol. The first kappa shape index (κ1) is 25.3. The van der Waals surface area contributed by atoms with Crippen molar-refractivity contribution in [2.75, 3.05) is 18.5 Å². The molecule has 0 aromatic heterocycles. The molecule has 0 radical (unpaired) electrons. The molecule has 0 fully saturated rings. The van der Waals surface area contributed by atoms with Gasteiger partial charge in [0, 0.05) is 19.7 Å². The van der Waals surface area contributed by atoms with Crippen LogP contribution in [-0.2, 0) is 22.6 Å². The Morgan fingerprint density at radius 1 is 0.971 bits per heavy atom. The van der Waals surface area contributed by atoms with Crippen LogP contribution in [0.15, 0.2) is 78.9 Å². The van der Waals surface area contributed by atoms with Crippen molar-refractivity contribution < 1.29 is 24.0 Å². The predicted octanol–water partition coefficient (Wildman–Crippen LogP) is 3.82. The van der Waals surface area contributed by atoms with E-state index in [1.807, 2.05) is 12.1 Å². The number of anilines is 1. The molecule has 2 N–H and O–H groups in total. The molecule has 3 aromatic carbocycles. The second-order valence-corrected chi connectivity index (χ2v) is 7.90. The molecule has 0 atom stereocenters. The molecule has 35 heavy (non-hydrogen) atoms. The molecule has 0 aliphatic carbocycles.